The summed E-state index contributed by atoms with van der Waals surface area (Å²) >= 11 is 0. The molecule has 100 valence electrons. The van der Waals surface area contributed by atoms with Crippen molar-refractivity contribution in [2.24, 2.45) is 0 Å². The molecule has 0 amide bonds. The van der Waals surface area contributed by atoms with Gasteiger partial charge in [0, 0.05) is 23.8 Å². The maximum Gasteiger partial charge on any atom is 0.415 e. The molecule has 0 aliphatic carbocycles. The first-order valence-electron chi connectivity index (χ1n) is 5.95. The van der Waals surface area contributed by atoms with Crippen molar-refractivity contribution in [1.29, 1.82) is 0 Å². The molecular weight excluding hydrogens is 258 g/mol. The first-order chi connectivity index (χ1) is 9.63. The van der Waals surface area contributed by atoms with E-state index in [1.54, 1.807) is 43.5 Å². The molecule has 2 aromatic heterocycles. The van der Waals surface area contributed by atoms with Gasteiger partial charge in [-0.1, -0.05) is 0 Å². The lowest BCUT2D eigenvalue weighted by Gasteiger charge is -2.05. The molecular formula is C14H11N3O3. The first-order valence-corrected chi connectivity index (χ1v) is 5.95. The second kappa shape index (κ2) is 4.65. The highest BCUT2D eigenvalue weighted by Gasteiger charge is 2.08. The summed E-state index contributed by atoms with van der Waals surface area (Å²) in [7, 11) is 0. The number of nitrogens with zero attached hydrogens (tertiary/aromatic N) is 3. The number of benzene rings is 1. The van der Waals surface area contributed by atoms with Gasteiger partial charge in [0.15, 0.2) is 0 Å². The second-order valence-electron chi connectivity index (χ2n) is 4.23. The van der Waals surface area contributed by atoms with Crippen LogP contribution >= 0.6 is 0 Å². The molecule has 0 unspecified atom stereocenters. The normalized spacial score (nSPS) is 10.7. The lowest BCUT2D eigenvalue weighted by molar-refractivity contribution is 0.197. The molecule has 0 saturated carbocycles. The molecule has 0 radical (unpaired) electrons. The van der Waals surface area contributed by atoms with E-state index in [-0.39, 0.29) is 0 Å². The molecule has 1 N–H and O–H groups in total. The zero-order chi connectivity index (χ0) is 14.1. The predicted octanol–water partition coefficient (Wildman–Crippen LogP) is 3.06. The van der Waals surface area contributed by atoms with Gasteiger partial charge in [0.2, 0.25) is 5.88 Å². The molecule has 0 aliphatic heterocycles. The van der Waals surface area contributed by atoms with Crippen LogP contribution in [-0.2, 0) is 0 Å². The number of hydrogen-bond acceptors (Lipinski definition) is 4. The Morgan fingerprint density at radius 1 is 1.30 bits per heavy atom. The van der Waals surface area contributed by atoms with Crippen LogP contribution in [0.1, 0.15) is 5.82 Å². The van der Waals surface area contributed by atoms with E-state index < -0.39 is 6.09 Å². The zero-order valence-electron chi connectivity index (χ0n) is 10.6. The largest absolute Gasteiger partial charge is 0.464 e. The molecule has 20 heavy (non-hydrogen) atoms. The highest BCUT2D eigenvalue weighted by molar-refractivity contribution is 5.89. The average Bonchev–Trinajstić information content (AvgIpc) is 2.82. The summed E-state index contributed by atoms with van der Waals surface area (Å²) in [5, 5.41) is 9.81. The van der Waals surface area contributed by atoms with Crippen LogP contribution in [0.5, 0.6) is 11.6 Å². The number of rotatable bonds is 2. The fraction of sp³-hybridized carbons (Fsp3) is 0.0714. The quantitative estimate of drug-likeness (QED) is 0.773. The van der Waals surface area contributed by atoms with Crippen LogP contribution in [-0.4, -0.2) is 25.7 Å². The maximum atomic E-state index is 11.0. The summed E-state index contributed by atoms with van der Waals surface area (Å²) in [6.07, 6.45) is 2.11. The van der Waals surface area contributed by atoms with Gasteiger partial charge in [-0.15, -0.1) is 0 Å². The van der Waals surface area contributed by atoms with E-state index in [0.29, 0.717) is 23.0 Å². The number of carboxylic acid groups (broad SMARTS) is 1. The number of fused-ring (bicyclic) bond motifs is 1. The summed E-state index contributed by atoms with van der Waals surface area (Å²) in [6, 6.07) is 8.57. The molecule has 3 aromatic rings. The summed E-state index contributed by atoms with van der Waals surface area (Å²) in [5.41, 5.74) is 0.615. The number of carbonyl (C=O) groups is 1. The molecule has 0 bridgehead atoms. The van der Waals surface area contributed by atoms with Gasteiger partial charge in [0.1, 0.15) is 11.6 Å². The van der Waals surface area contributed by atoms with Crippen molar-refractivity contribution < 1.29 is 14.6 Å². The van der Waals surface area contributed by atoms with Crippen LogP contribution < -0.4 is 4.74 Å². The van der Waals surface area contributed by atoms with Crippen molar-refractivity contribution in [3.05, 3.63) is 48.5 Å². The molecule has 2 heterocycles. The van der Waals surface area contributed by atoms with Gasteiger partial charge in [-0.05, 0) is 31.2 Å². The highest BCUT2D eigenvalue weighted by atomic mass is 16.5. The van der Waals surface area contributed by atoms with E-state index in [0.717, 1.165) is 9.95 Å². The van der Waals surface area contributed by atoms with Gasteiger partial charge in [0.05, 0.1) is 5.52 Å². The number of aromatic nitrogens is 3. The summed E-state index contributed by atoms with van der Waals surface area (Å²) < 4.78 is 6.79. The number of hydrogen-bond donors (Lipinski definition) is 1. The van der Waals surface area contributed by atoms with Gasteiger partial charge in [-0.3, -0.25) is 4.57 Å². The summed E-state index contributed by atoms with van der Waals surface area (Å²) in [4.78, 5) is 19.1. The molecule has 0 atom stereocenters. The van der Waals surface area contributed by atoms with Crippen LogP contribution in [0.4, 0.5) is 4.79 Å². The standard InChI is InChI=1S/C14H11N3O3/c1-9-15-6-4-13(16-9)20-11-2-3-12-10(8-11)5-7-17(12)14(18)19/h2-8H,1H3,(H,18,19). The Hall–Kier alpha value is -2.89. The van der Waals surface area contributed by atoms with E-state index in [4.69, 9.17) is 9.84 Å². The van der Waals surface area contributed by atoms with Crippen LogP contribution in [0, 0.1) is 6.92 Å². The highest BCUT2D eigenvalue weighted by Crippen LogP contribution is 2.25. The Bertz CT molecular complexity index is 795. The SMILES string of the molecule is Cc1nccc(Oc2ccc3c(ccn3C(=O)O)c2)n1. The lowest BCUT2D eigenvalue weighted by Crippen LogP contribution is -2.05. The van der Waals surface area contributed by atoms with Gasteiger partial charge in [-0.2, -0.15) is 4.98 Å². The van der Waals surface area contributed by atoms with Crippen molar-refractivity contribution in [2.45, 2.75) is 6.92 Å². The first kappa shape index (κ1) is 12.2. The molecule has 3 rings (SSSR count). The van der Waals surface area contributed by atoms with Gasteiger partial charge in [0.25, 0.3) is 0 Å². The Balaban J connectivity index is 1.95. The second-order valence-corrected chi connectivity index (χ2v) is 4.23. The van der Waals surface area contributed by atoms with Gasteiger partial charge < -0.3 is 9.84 Å². The van der Waals surface area contributed by atoms with Crippen molar-refractivity contribution in [2.75, 3.05) is 0 Å². The average molecular weight is 269 g/mol. The molecule has 0 spiro atoms. The van der Waals surface area contributed by atoms with Gasteiger partial charge in [-0.25, -0.2) is 9.78 Å². The van der Waals surface area contributed by atoms with E-state index >= 15 is 0 Å². The third-order valence-corrected chi connectivity index (χ3v) is 2.84. The van der Waals surface area contributed by atoms with Crippen LogP contribution in [0.3, 0.4) is 0 Å². The molecule has 0 fully saturated rings. The summed E-state index contributed by atoms with van der Waals surface area (Å²) in [5.74, 6) is 1.67. The lowest BCUT2D eigenvalue weighted by atomic mass is 10.2. The Morgan fingerprint density at radius 2 is 2.15 bits per heavy atom. The Labute approximate surface area is 114 Å². The fourth-order valence-corrected chi connectivity index (χ4v) is 1.96. The maximum absolute atomic E-state index is 11.0. The third-order valence-electron chi connectivity index (χ3n) is 2.84. The van der Waals surface area contributed by atoms with E-state index in [9.17, 15) is 4.79 Å². The molecule has 0 saturated heterocycles. The van der Waals surface area contributed by atoms with E-state index in [1.165, 1.54) is 6.20 Å². The van der Waals surface area contributed by atoms with Gasteiger partial charge >= 0.3 is 6.09 Å². The molecule has 6 nitrogen and oxygen atoms in total. The van der Waals surface area contributed by atoms with Crippen molar-refractivity contribution in [3.8, 4) is 11.6 Å². The Kier molecular flexibility index (Phi) is 2.83. The minimum Gasteiger partial charge on any atom is -0.464 e. The van der Waals surface area contributed by atoms with E-state index in [1.807, 2.05) is 0 Å². The van der Waals surface area contributed by atoms with E-state index in [2.05, 4.69) is 9.97 Å². The van der Waals surface area contributed by atoms with Crippen LogP contribution in [0.15, 0.2) is 42.7 Å². The Morgan fingerprint density at radius 3 is 2.90 bits per heavy atom. The number of ether oxygens (including phenoxy) is 1. The molecule has 1 aromatic carbocycles. The van der Waals surface area contributed by atoms with Crippen LogP contribution in [0.2, 0.25) is 0 Å². The monoisotopic (exact) mass is 269 g/mol. The predicted molar refractivity (Wildman–Crippen MR) is 72.2 cm³/mol. The zero-order valence-corrected chi connectivity index (χ0v) is 10.6. The minimum atomic E-state index is -1.01. The smallest absolute Gasteiger partial charge is 0.415 e. The van der Waals surface area contributed by atoms with Crippen molar-refractivity contribution >= 4 is 17.0 Å². The fourth-order valence-electron chi connectivity index (χ4n) is 1.96. The molecule has 6 heteroatoms. The topological polar surface area (TPSA) is 77.2 Å². The summed E-state index contributed by atoms with van der Waals surface area (Å²) in [6.45, 7) is 1.78. The van der Waals surface area contributed by atoms with Crippen molar-refractivity contribution in [1.82, 2.24) is 14.5 Å². The van der Waals surface area contributed by atoms with Crippen LogP contribution in [0.25, 0.3) is 10.9 Å². The molecule has 0 aliphatic rings. The third kappa shape index (κ3) is 2.18. The van der Waals surface area contributed by atoms with Crippen molar-refractivity contribution in [3.63, 3.8) is 0 Å². The number of aryl methyl sites for hydroxylation is 1. The minimum absolute atomic E-state index is 0.453.